The molecule has 32 heavy (non-hydrogen) atoms. The van der Waals surface area contributed by atoms with E-state index in [0.29, 0.717) is 18.8 Å². The summed E-state index contributed by atoms with van der Waals surface area (Å²) in [5, 5.41) is 2.93. The summed E-state index contributed by atoms with van der Waals surface area (Å²) in [6.45, 7) is 8.77. The third-order valence-electron chi connectivity index (χ3n) is 5.40. The van der Waals surface area contributed by atoms with E-state index in [4.69, 9.17) is 9.47 Å². The normalized spacial score (nSPS) is 11.7. The van der Waals surface area contributed by atoms with Gasteiger partial charge in [-0.3, -0.25) is 9.59 Å². The zero-order valence-corrected chi connectivity index (χ0v) is 19.9. The van der Waals surface area contributed by atoms with Crippen molar-refractivity contribution in [3.05, 3.63) is 59.7 Å². The number of methoxy groups -OCH3 is 1. The van der Waals surface area contributed by atoms with Gasteiger partial charge in [-0.05, 0) is 48.6 Å². The summed E-state index contributed by atoms with van der Waals surface area (Å²) >= 11 is 0. The van der Waals surface area contributed by atoms with Crippen molar-refractivity contribution >= 4 is 11.8 Å². The summed E-state index contributed by atoms with van der Waals surface area (Å²) in [5.74, 6) is 1.31. The predicted molar refractivity (Wildman–Crippen MR) is 127 cm³/mol. The summed E-state index contributed by atoms with van der Waals surface area (Å²) < 4.78 is 11.1. The fourth-order valence-electron chi connectivity index (χ4n) is 3.36. The molecule has 0 aliphatic carbocycles. The van der Waals surface area contributed by atoms with Crippen molar-refractivity contribution in [2.45, 2.75) is 59.0 Å². The zero-order valence-electron chi connectivity index (χ0n) is 19.9. The highest BCUT2D eigenvalue weighted by atomic mass is 16.5. The molecule has 2 aromatic rings. The van der Waals surface area contributed by atoms with Crippen LogP contribution in [-0.2, 0) is 16.1 Å². The van der Waals surface area contributed by atoms with Crippen LogP contribution in [0.2, 0.25) is 0 Å². The van der Waals surface area contributed by atoms with Crippen LogP contribution in [0.1, 0.15) is 57.6 Å². The Morgan fingerprint density at radius 2 is 1.72 bits per heavy atom. The predicted octanol–water partition coefficient (Wildman–Crippen LogP) is 4.53. The van der Waals surface area contributed by atoms with E-state index in [1.54, 1.807) is 18.9 Å². The summed E-state index contributed by atoms with van der Waals surface area (Å²) in [4.78, 5) is 27.5. The molecule has 2 aromatic carbocycles. The number of carbonyl (C=O) groups excluding carboxylic acids is 2. The Hall–Kier alpha value is -3.02. The Kier molecular flexibility index (Phi) is 10.1. The van der Waals surface area contributed by atoms with E-state index in [-0.39, 0.29) is 24.3 Å². The molecule has 6 heteroatoms. The lowest BCUT2D eigenvalue weighted by Gasteiger charge is -2.29. The van der Waals surface area contributed by atoms with E-state index in [1.807, 2.05) is 48.5 Å². The van der Waals surface area contributed by atoms with Crippen molar-refractivity contribution in [2.24, 2.45) is 0 Å². The number of carbonyl (C=O) groups is 2. The molecule has 0 radical (unpaired) electrons. The highest BCUT2D eigenvalue weighted by Crippen LogP contribution is 2.26. The molecule has 0 saturated heterocycles. The Balaban J connectivity index is 2.16. The van der Waals surface area contributed by atoms with E-state index in [9.17, 15) is 9.59 Å². The molecule has 0 aliphatic heterocycles. The minimum Gasteiger partial charge on any atom is -0.497 e. The highest BCUT2D eigenvalue weighted by Gasteiger charge is 2.26. The van der Waals surface area contributed by atoms with Crippen LogP contribution in [0, 0.1) is 0 Å². The van der Waals surface area contributed by atoms with Gasteiger partial charge in [0.15, 0.2) is 6.61 Å². The van der Waals surface area contributed by atoms with Crippen LogP contribution in [0.3, 0.4) is 0 Å². The first-order chi connectivity index (χ1) is 15.4. The Bertz CT molecular complexity index is 864. The number of nitrogens with zero attached hydrogens (tertiary/aromatic N) is 1. The second kappa shape index (κ2) is 12.7. The van der Waals surface area contributed by atoms with Crippen molar-refractivity contribution in [3.8, 4) is 11.5 Å². The maximum atomic E-state index is 13.2. The van der Waals surface area contributed by atoms with Crippen LogP contribution in [0.4, 0.5) is 0 Å². The smallest absolute Gasteiger partial charge is 0.261 e. The summed E-state index contributed by atoms with van der Waals surface area (Å²) in [6.07, 6.45) is 1.90. The van der Waals surface area contributed by atoms with Crippen LogP contribution >= 0.6 is 0 Å². The van der Waals surface area contributed by atoms with Gasteiger partial charge >= 0.3 is 0 Å². The molecular formula is C26H36N2O4. The third-order valence-corrected chi connectivity index (χ3v) is 5.40. The van der Waals surface area contributed by atoms with Gasteiger partial charge in [-0.1, -0.05) is 57.5 Å². The van der Waals surface area contributed by atoms with Gasteiger partial charge in [0.2, 0.25) is 5.91 Å². The molecule has 2 rings (SSSR count). The van der Waals surface area contributed by atoms with Crippen LogP contribution in [-0.4, -0.2) is 43.0 Å². The number of benzene rings is 2. The average Bonchev–Trinajstić information content (AvgIpc) is 2.81. The number of nitrogens with one attached hydrogen (secondary N) is 1. The average molecular weight is 441 g/mol. The van der Waals surface area contributed by atoms with Gasteiger partial charge in [0.25, 0.3) is 5.91 Å². The van der Waals surface area contributed by atoms with Crippen molar-refractivity contribution in [1.82, 2.24) is 10.2 Å². The number of unbranched alkanes of at least 4 members (excludes halogenated alkanes) is 1. The van der Waals surface area contributed by atoms with Crippen molar-refractivity contribution in [2.75, 3.05) is 20.3 Å². The quantitative estimate of drug-likeness (QED) is 0.493. The molecule has 0 aromatic heterocycles. The summed E-state index contributed by atoms with van der Waals surface area (Å²) in [6, 6.07) is 14.6. The maximum Gasteiger partial charge on any atom is 0.261 e. The second-order valence-corrected chi connectivity index (χ2v) is 8.17. The highest BCUT2D eigenvalue weighted by molar-refractivity contribution is 5.88. The van der Waals surface area contributed by atoms with E-state index in [2.05, 4.69) is 26.1 Å². The molecular weight excluding hydrogens is 404 g/mol. The van der Waals surface area contributed by atoms with Gasteiger partial charge < -0.3 is 19.7 Å². The summed E-state index contributed by atoms with van der Waals surface area (Å²) in [7, 11) is 1.61. The van der Waals surface area contributed by atoms with Gasteiger partial charge in [-0.2, -0.15) is 0 Å². The molecule has 1 atom stereocenters. The number of hydrogen-bond donors (Lipinski definition) is 1. The molecule has 0 bridgehead atoms. The molecule has 0 spiro atoms. The van der Waals surface area contributed by atoms with Gasteiger partial charge in [0, 0.05) is 13.1 Å². The minimum atomic E-state index is -0.620. The van der Waals surface area contributed by atoms with Gasteiger partial charge in [-0.15, -0.1) is 0 Å². The zero-order chi connectivity index (χ0) is 23.5. The van der Waals surface area contributed by atoms with Crippen LogP contribution in [0.15, 0.2) is 48.5 Å². The summed E-state index contributed by atoms with van der Waals surface area (Å²) in [5.41, 5.74) is 1.96. The fourth-order valence-corrected chi connectivity index (χ4v) is 3.36. The number of amides is 2. The van der Waals surface area contributed by atoms with E-state index in [1.165, 1.54) is 0 Å². The van der Waals surface area contributed by atoms with E-state index >= 15 is 0 Å². The largest absolute Gasteiger partial charge is 0.497 e. The van der Waals surface area contributed by atoms with Crippen molar-refractivity contribution in [3.63, 3.8) is 0 Å². The lowest BCUT2D eigenvalue weighted by molar-refractivity contribution is -0.142. The first-order valence-corrected chi connectivity index (χ1v) is 11.3. The van der Waals surface area contributed by atoms with Crippen LogP contribution in [0.25, 0.3) is 0 Å². The molecule has 0 fully saturated rings. The van der Waals surface area contributed by atoms with Crippen molar-refractivity contribution < 1.29 is 19.1 Å². The van der Waals surface area contributed by atoms with E-state index in [0.717, 1.165) is 29.7 Å². The molecule has 1 N–H and O–H groups in total. The first kappa shape index (κ1) is 25.2. The number of para-hydroxylation sites is 1. The molecule has 2 amide bonds. The Morgan fingerprint density at radius 1 is 1.03 bits per heavy atom. The molecule has 0 unspecified atom stereocenters. The monoisotopic (exact) mass is 440 g/mol. The Labute approximate surface area is 191 Å². The minimum absolute atomic E-state index is 0.132. The number of hydrogen-bond acceptors (Lipinski definition) is 4. The molecule has 6 nitrogen and oxygen atoms in total. The maximum absolute atomic E-state index is 13.2. The topological polar surface area (TPSA) is 67.9 Å². The molecule has 0 aliphatic rings. The first-order valence-electron chi connectivity index (χ1n) is 11.3. The van der Waals surface area contributed by atoms with Gasteiger partial charge in [-0.25, -0.2) is 0 Å². The number of ether oxygens (including phenoxy) is 2. The number of rotatable bonds is 12. The molecule has 0 heterocycles. The van der Waals surface area contributed by atoms with Gasteiger partial charge in [0.1, 0.15) is 17.5 Å². The van der Waals surface area contributed by atoms with E-state index < -0.39 is 6.04 Å². The molecule has 174 valence electrons. The van der Waals surface area contributed by atoms with Crippen LogP contribution in [0.5, 0.6) is 11.5 Å². The van der Waals surface area contributed by atoms with Crippen molar-refractivity contribution in [1.29, 1.82) is 0 Å². The van der Waals surface area contributed by atoms with Gasteiger partial charge in [0.05, 0.1) is 7.11 Å². The second-order valence-electron chi connectivity index (χ2n) is 8.17. The lowest BCUT2D eigenvalue weighted by Crippen LogP contribution is -2.49. The third kappa shape index (κ3) is 7.29. The SMILES string of the molecule is CCCCNC(=O)[C@H](C)N(Cc1ccc(OC)cc1)C(=O)COc1ccccc1C(C)C. The Morgan fingerprint density at radius 3 is 2.34 bits per heavy atom. The molecule has 0 saturated carbocycles. The fraction of sp³-hybridized carbons (Fsp3) is 0.462. The standard InChI is InChI=1S/C26H36N2O4/c1-6-7-16-27-26(30)20(4)28(17-21-12-14-22(31-5)15-13-21)25(29)18-32-24-11-9-8-10-23(24)19(2)3/h8-15,19-20H,6-7,16-18H2,1-5H3,(H,27,30)/t20-/m0/s1. The van der Waals surface area contributed by atoms with Crippen LogP contribution < -0.4 is 14.8 Å². The lowest BCUT2D eigenvalue weighted by atomic mass is 10.0.